The largest absolute Gasteiger partial charge is 0.304 e. The Morgan fingerprint density at radius 3 is 2.08 bits per heavy atom. The second-order valence-corrected chi connectivity index (χ2v) is 5.22. The van der Waals surface area contributed by atoms with E-state index >= 15 is 0 Å². The van der Waals surface area contributed by atoms with Crippen molar-refractivity contribution in [1.82, 2.24) is 9.80 Å². The van der Waals surface area contributed by atoms with Gasteiger partial charge in [0.1, 0.15) is 0 Å². The van der Waals surface area contributed by atoms with E-state index in [0.717, 1.165) is 17.9 Å². The van der Waals surface area contributed by atoms with E-state index in [2.05, 4.69) is 16.8 Å². The second-order valence-electron chi connectivity index (χ2n) is 5.22. The van der Waals surface area contributed by atoms with E-state index in [1.807, 2.05) is 0 Å². The van der Waals surface area contributed by atoms with Crippen molar-refractivity contribution in [2.24, 2.45) is 11.8 Å². The molecule has 2 heteroatoms. The third-order valence-electron chi connectivity index (χ3n) is 4.27. The first-order chi connectivity index (χ1) is 6.33. The number of piperazine rings is 1. The van der Waals surface area contributed by atoms with Crippen LogP contribution >= 0.6 is 0 Å². The molecule has 3 rings (SSSR count). The molecule has 0 aromatic heterocycles. The topological polar surface area (TPSA) is 6.48 Å². The molecule has 0 aromatic carbocycles. The van der Waals surface area contributed by atoms with Crippen LogP contribution in [0.2, 0.25) is 0 Å². The average Bonchev–Trinajstić information content (AvgIpc) is 2.75. The van der Waals surface area contributed by atoms with E-state index in [0.29, 0.717) is 0 Å². The molecule has 1 saturated heterocycles. The van der Waals surface area contributed by atoms with Gasteiger partial charge in [0, 0.05) is 32.2 Å². The van der Waals surface area contributed by atoms with Crippen LogP contribution < -0.4 is 0 Å². The standard InChI is InChI=1S/C11H20N2/c1-12-2-4-13(5-3-12)11-7-9-6-10(9)8-11/h9-11H,2-8H2,1H3/t9-,10?,11?/m0/s1. The van der Waals surface area contributed by atoms with Crippen molar-refractivity contribution in [2.45, 2.75) is 25.3 Å². The SMILES string of the molecule is CN1CCN(C2CC3C[C@H]3C2)CC1. The lowest BCUT2D eigenvalue weighted by Gasteiger charge is -2.37. The van der Waals surface area contributed by atoms with Crippen molar-refractivity contribution >= 4 is 0 Å². The summed E-state index contributed by atoms with van der Waals surface area (Å²) in [7, 11) is 2.24. The van der Waals surface area contributed by atoms with Gasteiger partial charge < -0.3 is 4.90 Å². The Hall–Kier alpha value is -0.0800. The number of fused-ring (bicyclic) bond motifs is 1. The number of hydrogen-bond donors (Lipinski definition) is 0. The third-order valence-corrected chi connectivity index (χ3v) is 4.27. The van der Waals surface area contributed by atoms with E-state index in [4.69, 9.17) is 0 Å². The van der Waals surface area contributed by atoms with Crippen LogP contribution in [0.3, 0.4) is 0 Å². The van der Waals surface area contributed by atoms with Crippen LogP contribution in [0.5, 0.6) is 0 Å². The lowest BCUT2D eigenvalue weighted by Crippen LogP contribution is -2.48. The summed E-state index contributed by atoms with van der Waals surface area (Å²) in [4.78, 5) is 5.19. The molecule has 3 fully saturated rings. The predicted octanol–water partition coefficient (Wildman–Crippen LogP) is 1.03. The minimum absolute atomic E-state index is 0.970. The molecule has 1 aliphatic heterocycles. The molecule has 0 N–H and O–H groups in total. The van der Waals surface area contributed by atoms with Crippen molar-refractivity contribution < 1.29 is 0 Å². The molecule has 2 nitrogen and oxygen atoms in total. The highest BCUT2D eigenvalue weighted by atomic mass is 15.3. The Bertz CT molecular complexity index is 186. The Balaban J connectivity index is 1.54. The average molecular weight is 180 g/mol. The zero-order valence-corrected chi connectivity index (χ0v) is 8.58. The fourth-order valence-corrected chi connectivity index (χ4v) is 3.17. The minimum Gasteiger partial charge on any atom is -0.304 e. The predicted molar refractivity (Wildman–Crippen MR) is 53.7 cm³/mol. The van der Waals surface area contributed by atoms with Gasteiger partial charge in [0.2, 0.25) is 0 Å². The van der Waals surface area contributed by atoms with Gasteiger partial charge in [-0.3, -0.25) is 4.90 Å². The van der Waals surface area contributed by atoms with Gasteiger partial charge in [0.15, 0.2) is 0 Å². The van der Waals surface area contributed by atoms with Crippen LogP contribution in [-0.4, -0.2) is 49.1 Å². The van der Waals surface area contributed by atoms with Crippen molar-refractivity contribution in [2.75, 3.05) is 33.2 Å². The van der Waals surface area contributed by atoms with Gasteiger partial charge in [0.05, 0.1) is 0 Å². The zero-order valence-electron chi connectivity index (χ0n) is 8.58. The van der Waals surface area contributed by atoms with Gasteiger partial charge in [0.25, 0.3) is 0 Å². The first-order valence-electron chi connectivity index (χ1n) is 5.75. The minimum atomic E-state index is 0.970. The molecule has 0 spiro atoms. The van der Waals surface area contributed by atoms with Crippen LogP contribution in [0.1, 0.15) is 19.3 Å². The number of hydrogen-bond acceptors (Lipinski definition) is 2. The van der Waals surface area contributed by atoms with Gasteiger partial charge in [-0.25, -0.2) is 0 Å². The fraction of sp³-hybridized carbons (Fsp3) is 1.00. The summed E-state index contributed by atoms with van der Waals surface area (Å²) < 4.78 is 0. The van der Waals surface area contributed by atoms with Crippen LogP contribution in [0, 0.1) is 11.8 Å². The molecule has 0 radical (unpaired) electrons. The summed E-state index contributed by atoms with van der Waals surface area (Å²) in [6.45, 7) is 5.21. The number of nitrogens with zero attached hydrogens (tertiary/aromatic N) is 2. The first-order valence-corrected chi connectivity index (χ1v) is 5.75. The van der Waals surface area contributed by atoms with E-state index in [9.17, 15) is 0 Å². The monoisotopic (exact) mass is 180 g/mol. The Morgan fingerprint density at radius 1 is 0.846 bits per heavy atom. The summed E-state index contributed by atoms with van der Waals surface area (Å²) in [5, 5.41) is 0. The maximum Gasteiger partial charge on any atom is 0.0113 e. The van der Waals surface area contributed by atoms with E-state index < -0.39 is 0 Å². The summed E-state index contributed by atoms with van der Waals surface area (Å²) >= 11 is 0. The van der Waals surface area contributed by atoms with Crippen molar-refractivity contribution in [1.29, 1.82) is 0 Å². The summed E-state index contributed by atoms with van der Waals surface area (Å²) in [5.74, 6) is 2.29. The highest BCUT2D eigenvalue weighted by Gasteiger charge is 2.47. The molecule has 74 valence electrons. The maximum atomic E-state index is 2.74. The van der Waals surface area contributed by atoms with Crippen LogP contribution in [0.15, 0.2) is 0 Å². The number of likely N-dealkylation sites (N-methyl/N-ethyl adjacent to an activating group) is 1. The van der Waals surface area contributed by atoms with Crippen LogP contribution in [0.25, 0.3) is 0 Å². The fourth-order valence-electron chi connectivity index (χ4n) is 3.17. The third kappa shape index (κ3) is 1.50. The van der Waals surface area contributed by atoms with Gasteiger partial charge in [-0.05, 0) is 38.1 Å². The summed E-state index contributed by atoms with van der Waals surface area (Å²) in [6, 6.07) is 0.970. The highest BCUT2D eigenvalue weighted by Crippen LogP contribution is 2.53. The molecular weight excluding hydrogens is 160 g/mol. The molecule has 2 aliphatic carbocycles. The molecule has 0 aromatic rings. The quantitative estimate of drug-likeness (QED) is 0.595. The van der Waals surface area contributed by atoms with Crippen molar-refractivity contribution in [3.63, 3.8) is 0 Å². The molecule has 3 aliphatic rings. The van der Waals surface area contributed by atoms with E-state index in [-0.39, 0.29) is 0 Å². The van der Waals surface area contributed by atoms with E-state index in [1.54, 1.807) is 6.42 Å². The van der Waals surface area contributed by atoms with E-state index in [1.165, 1.54) is 39.0 Å². The van der Waals surface area contributed by atoms with Gasteiger partial charge in [-0.1, -0.05) is 0 Å². The lowest BCUT2D eigenvalue weighted by molar-refractivity contribution is 0.108. The Labute approximate surface area is 80.9 Å². The van der Waals surface area contributed by atoms with Crippen molar-refractivity contribution in [3.05, 3.63) is 0 Å². The summed E-state index contributed by atoms with van der Waals surface area (Å²) in [5.41, 5.74) is 0. The molecule has 3 atom stereocenters. The normalized spacial score (nSPS) is 46.4. The molecule has 1 heterocycles. The van der Waals surface area contributed by atoms with Gasteiger partial charge >= 0.3 is 0 Å². The Kier molecular flexibility index (Phi) is 1.88. The summed E-state index contributed by atoms with van der Waals surface area (Å²) in [6.07, 6.45) is 4.60. The molecule has 0 bridgehead atoms. The van der Waals surface area contributed by atoms with Gasteiger partial charge in [-0.2, -0.15) is 0 Å². The van der Waals surface area contributed by atoms with Crippen LogP contribution in [0.4, 0.5) is 0 Å². The maximum absolute atomic E-state index is 2.74. The smallest absolute Gasteiger partial charge is 0.0113 e. The molecule has 0 amide bonds. The molecular formula is C11H20N2. The van der Waals surface area contributed by atoms with Crippen LogP contribution in [-0.2, 0) is 0 Å². The number of rotatable bonds is 1. The Morgan fingerprint density at radius 2 is 1.46 bits per heavy atom. The molecule has 13 heavy (non-hydrogen) atoms. The van der Waals surface area contributed by atoms with Gasteiger partial charge in [-0.15, -0.1) is 0 Å². The molecule has 2 saturated carbocycles. The van der Waals surface area contributed by atoms with Crippen molar-refractivity contribution in [3.8, 4) is 0 Å². The second kappa shape index (κ2) is 2.96. The molecule has 2 unspecified atom stereocenters. The lowest BCUT2D eigenvalue weighted by atomic mass is 10.1. The zero-order chi connectivity index (χ0) is 8.84. The first kappa shape index (κ1) is 8.25. The highest BCUT2D eigenvalue weighted by molar-refractivity contribution is 5.00.